The van der Waals surface area contributed by atoms with Gasteiger partial charge in [0, 0.05) is 12.0 Å². The van der Waals surface area contributed by atoms with E-state index < -0.39 is 11.5 Å². The molecule has 18 heavy (non-hydrogen) atoms. The van der Waals surface area contributed by atoms with Crippen LogP contribution in [-0.2, 0) is 0 Å². The molecule has 1 aromatic carbocycles. The Balaban J connectivity index is 2.90. The van der Waals surface area contributed by atoms with Gasteiger partial charge in [0.2, 0.25) is 0 Å². The summed E-state index contributed by atoms with van der Waals surface area (Å²) in [6.07, 6.45) is 3.75. The average Bonchev–Trinajstić information content (AvgIpc) is 2.36. The molecular weight excluding hydrogens is 236 g/mol. The fraction of sp³-hybridized carbons (Fsp3) is 0.308. The molecule has 0 fully saturated rings. The van der Waals surface area contributed by atoms with Crippen molar-refractivity contribution in [1.29, 1.82) is 0 Å². The highest BCUT2D eigenvalue weighted by atomic mass is 16.3. The van der Waals surface area contributed by atoms with E-state index in [2.05, 4.69) is 0 Å². The molecular formula is C13H16O5. The highest BCUT2D eigenvalue weighted by Gasteiger charge is 2.18. The first-order valence-electron chi connectivity index (χ1n) is 5.52. The normalized spacial score (nSPS) is 11.0. The molecule has 0 heterocycles. The van der Waals surface area contributed by atoms with Crippen molar-refractivity contribution in [2.45, 2.75) is 19.8 Å². The number of carbonyl (C=O) groups excluding carboxylic acids is 1. The van der Waals surface area contributed by atoms with Gasteiger partial charge in [0.15, 0.2) is 17.3 Å². The maximum Gasteiger partial charge on any atom is 0.167 e. The molecule has 0 aromatic heterocycles. The fourth-order valence-corrected chi connectivity index (χ4v) is 1.53. The van der Waals surface area contributed by atoms with Crippen molar-refractivity contribution < 1.29 is 25.2 Å². The van der Waals surface area contributed by atoms with Crippen molar-refractivity contribution in [2.75, 3.05) is 6.61 Å². The third-order valence-corrected chi connectivity index (χ3v) is 2.60. The number of phenolic OH excluding ortho intramolecular Hbond substituents is 3. The minimum Gasteiger partial charge on any atom is -0.507 e. The third kappa shape index (κ3) is 3.01. The van der Waals surface area contributed by atoms with Gasteiger partial charge in [0.25, 0.3) is 0 Å². The Morgan fingerprint density at radius 2 is 1.89 bits per heavy atom. The van der Waals surface area contributed by atoms with Crippen LogP contribution in [0.25, 0.3) is 0 Å². The highest BCUT2D eigenvalue weighted by molar-refractivity contribution is 5.99. The number of hydrogen-bond donors (Lipinski definition) is 4. The van der Waals surface area contributed by atoms with Gasteiger partial charge in [-0.05, 0) is 19.4 Å². The fourth-order valence-electron chi connectivity index (χ4n) is 1.53. The van der Waals surface area contributed by atoms with Crippen LogP contribution in [0.5, 0.6) is 17.2 Å². The van der Waals surface area contributed by atoms with E-state index in [0.29, 0.717) is 6.42 Å². The Morgan fingerprint density at radius 3 is 2.50 bits per heavy atom. The SMILES string of the molecule is Cc1c(O)c(O)cc(C(=O)CC/C=C/CO)c1O. The summed E-state index contributed by atoms with van der Waals surface area (Å²) in [5.41, 5.74) is 0.0597. The molecule has 0 saturated carbocycles. The Bertz CT molecular complexity index is 477. The van der Waals surface area contributed by atoms with Crippen molar-refractivity contribution in [1.82, 2.24) is 0 Å². The Hall–Kier alpha value is -2.01. The van der Waals surface area contributed by atoms with E-state index in [-0.39, 0.29) is 35.7 Å². The smallest absolute Gasteiger partial charge is 0.167 e. The lowest BCUT2D eigenvalue weighted by molar-refractivity contribution is 0.0980. The molecule has 0 unspecified atom stereocenters. The number of carbonyl (C=O) groups is 1. The molecule has 0 amide bonds. The van der Waals surface area contributed by atoms with Crippen molar-refractivity contribution in [2.24, 2.45) is 0 Å². The second-order valence-corrected chi connectivity index (χ2v) is 3.88. The van der Waals surface area contributed by atoms with Crippen LogP contribution in [0.4, 0.5) is 0 Å². The second-order valence-electron chi connectivity index (χ2n) is 3.88. The number of Topliss-reactive ketones (excluding diaryl/α,β-unsaturated/α-hetero) is 1. The van der Waals surface area contributed by atoms with Gasteiger partial charge in [-0.2, -0.15) is 0 Å². The van der Waals surface area contributed by atoms with Gasteiger partial charge in [0.05, 0.1) is 12.2 Å². The molecule has 0 radical (unpaired) electrons. The van der Waals surface area contributed by atoms with Gasteiger partial charge >= 0.3 is 0 Å². The maximum atomic E-state index is 11.8. The van der Waals surface area contributed by atoms with Crippen LogP contribution in [0.15, 0.2) is 18.2 Å². The minimum absolute atomic E-state index is 0.0137. The van der Waals surface area contributed by atoms with Crippen LogP contribution >= 0.6 is 0 Å². The van der Waals surface area contributed by atoms with E-state index in [9.17, 15) is 20.1 Å². The van der Waals surface area contributed by atoms with Gasteiger partial charge < -0.3 is 20.4 Å². The van der Waals surface area contributed by atoms with Gasteiger partial charge in [-0.3, -0.25) is 4.79 Å². The summed E-state index contributed by atoms with van der Waals surface area (Å²) < 4.78 is 0. The molecule has 1 rings (SSSR count). The second kappa shape index (κ2) is 6.07. The summed E-state index contributed by atoms with van der Waals surface area (Å²) >= 11 is 0. The van der Waals surface area contributed by atoms with Gasteiger partial charge in [-0.25, -0.2) is 0 Å². The van der Waals surface area contributed by atoms with Crippen LogP contribution in [0.1, 0.15) is 28.8 Å². The van der Waals surface area contributed by atoms with E-state index in [1.807, 2.05) is 0 Å². The molecule has 0 saturated heterocycles. The van der Waals surface area contributed by atoms with Gasteiger partial charge in [0.1, 0.15) is 5.75 Å². The number of allylic oxidation sites excluding steroid dienone is 1. The molecule has 4 N–H and O–H groups in total. The lowest BCUT2D eigenvalue weighted by Gasteiger charge is -2.09. The van der Waals surface area contributed by atoms with E-state index in [1.165, 1.54) is 13.0 Å². The van der Waals surface area contributed by atoms with E-state index in [1.54, 1.807) is 6.08 Å². The number of aliphatic hydroxyl groups is 1. The number of hydrogen-bond acceptors (Lipinski definition) is 5. The zero-order valence-electron chi connectivity index (χ0n) is 10.1. The van der Waals surface area contributed by atoms with Crippen LogP contribution in [0, 0.1) is 6.92 Å². The maximum absolute atomic E-state index is 11.8. The zero-order chi connectivity index (χ0) is 13.7. The molecule has 0 aliphatic heterocycles. The van der Waals surface area contributed by atoms with Crippen LogP contribution in [-0.4, -0.2) is 32.8 Å². The summed E-state index contributed by atoms with van der Waals surface area (Å²) in [5.74, 6) is -1.52. The number of aliphatic hydroxyl groups excluding tert-OH is 1. The van der Waals surface area contributed by atoms with E-state index >= 15 is 0 Å². The summed E-state index contributed by atoms with van der Waals surface area (Å²) in [7, 11) is 0. The largest absolute Gasteiger partial charge is 0.507 e. The Kier molecular flexibility index (Phi) is 4.74. The quantitative estimate of drug-likeness (QED) is 0.276. The lowest BCUT2D eigenvalue weighted by Crippen LogP contribution is -2.00. The highest BCUT2D eigenvalue weighted by Crippen LogP contribution is 2.38. The number of rotatable bonds is 5. The van der Waals surface area contributed by atoms with Gasteiger partial charge in [-0.1, -0.05) is 12.2 Å². The predicted molar refractivity (Wildman–Crippen MR) is 66.0 cm³/mol. The first kappa shape index (κ1) is 14.1. The molecule has 5 nitrogen and oxygen atoms in total. The topological polar surface area (TPSA) is 98.0 Å². The summed E-state index contributed by atoms with van der Waals surface area (Å²) in [6.45, 7) is 1.32. The van der Waals surface area contributed by atoms with E-state index in [0.717, 1.165) is 6.07 Å². The Morgan fingerprint density at radius 1 is 1.22 bits per heavy atom. The first-order chi connectivity index (χ1) is 8.49. The molecule has 1 aromatic rings. The third-order valence-electron chi connectivity index (χ3n) is 2.60. The number of benzene rings is 1. The summed E-state index contributed by atoms with van der Waals surface area (Å²) in [5, 5.41) is 37.0. The standard InChI is InChI=1S/C13H16O5/c1-8-12(17)9(7-11(16)13(8)18)10(15)5-3-2-4-6-14/h2,4,7,14,16-18H,3,5-6H2,1H3/b4-2+. The van der Waals surface area contributed by atoms with Crippen molar-refractivity contribution >= 4 is 5.78 Å². The molecule has 0 atom stereocenters. The van der Waals surface area contributed by atoms with Crippen LogP contribution in [0.2, 0.25) is 0 Å². The van der Waals surface area contributed by atoms with Crippen molar-refractivity contribution in [3.63, 3.8) is 0 Å². The van der Waals surface area contributed by atoms with Crippen LogP contribution in [0.3, 0.4) is 0 Å². The van der Waals surface area contributed by atoms with Gasteiger partial charge in [-0.15, -0.1) is 0 Å². The monoisotopic (exact) mass is 252 g/mol. The number of phenols is 3. The molecule has 5 heteroatoms. The summed E-state index contributed by atoms with van der Waals surface area (Å²) in [4.78, 5) is 11.8. The number of ketones is 1. The average molecular weight is 252 g/mol. The molecule has 98 valence electrons. The van der Waals surface area contributed by atoms with Crippen molar-refractivity contribution in [3.8, 4) is 17.2 Å². The number of aromatic hydroxyl groups is 3. The summed E-state index contributed by atoms with van der Waals surface area (Å²) in [6, 6.07) is 1.05. The molecule has 0 aliphatic rings. The van der Waals surface area contributed by atoms with Crippen molar-refractivity contribution in [3.05, 3.63) is 29.3 Å². The molecule has 0 aliphatic carbocycles. The minimum atomic E-state index is -0.431. The molecule has 0 spiro atoms. The van der Waals surface area contributed by atoms with E-state index in [4.69, 9.17) is 5.11 Å². The first-order valence-corrected chi connectivity index (χ1v) is 5.52. The predicted octanol–water partition coefficient (Wildman–Crippen LogP) is 1.62. The van der Waals surface area contributed by atoms with Crippen LogP contribution < -0.4 is 0 Å². The molecule has 0 bridgehead atoms. The Labute approximate surface area is 105 Å². The zero-order valence-corrected chi connectivity index (χ0v) is 10.1. The lowest BCUT2D eigenvalue weighted by atomic mass is 10.0.